The molecule has 0 aromatic heterocycles. The van der Waals surface area contributed by atoms with Gasteiger partial charge in [-0.25, -0.2) is 0 Å². The van der Waals surface area contributed by atoms with Crippen LogP contribution in [-0.2, 0) is 9.53 Å². The van der Waals surface area contributed by atoms with Crippen LogP contribution in [0.15, 0.2) is 0 Å². The highest BCUT2D eigenvalue weighted by molar-refractivity contribution is 5.71. The molecule has 1 rings (SSSR count). The summed E-state index contributed by atoms with van der Waals surface area (Å²) >= 11 is 0. The Balaban J connectivity index is 2.26. The summed E-state index contributed by atoms with van der Waals surface area (Å²) in [4.78, 5) is 11.3. The van der Waals surface area contributed by atoms with Gasteiger partial charge in [-0.1, -0.05) is 20.8 Å². The van der Waals surface area contributed by atoms with E-state index in [0.29, 0.717) is 0 Å². The summed E-state index contributed by atoms with van der Waals surface area (Å²) in [5.74, 6) is 0.785. The highest BCUT2D eigenvalue weighted by atomic mass is 16.5. The molecule has 1 saturated carbocycles. The van der Waals surface area contributed by atoms with Gasteiger partial charge in [-0.15, -0.1) is 0 Å². The lowest BCUT2D eigenvalue weighted by Crippen LogP contribution is -2.25. The van der Waals surface area contributed by atoms with Crippen LogP contribution in [0.4, 0.5) is 0 Å². The van der Waals surface area contributed by atoms with Gasteiger partial charge >= 0.3 is 5.97 Å². The Morgan fingerprint density at radius 3 is 2.23 bits per heavy atom. The zero-order valence-corrected chi connectivity index (χ0v) is 8.88. The summed E-state index contributed by atoms with van der Waals surface area (Å²) in [6, 6.07) is 0. The SMILES string of the molecule is CC(C)C(=O)O[C@H]1CC[C@H](C)CC1. The fourth-order valence-corrected chi connectivity index (χ4v) is 1.65. The van der Waals surface area contributed by atoms with Gasteiger partial charge in [-0.3, -0.25) is 4.79 Å². The predicted octanol–water partition coefficient (Wildman–Crippen LogP) is 2.76. The number of hydrogen-bond donors (Lipinski definition) is 0. The standard InChI is InChI=1S/C11H20O2/c1-8(2)11(12)13-10-6-4-9(3)5-7-10/h8-10H,4-7H2,1-3H3/t9-,10-. The van der Waals surface area contributed by atoms with E-state index in [-0.39, 0.29) is 18.0 Å². The minimum atomic E-state index is -0.0421. The molecule has 2 heteroatoms. The van der Waals surface area contributed by atoms with Crippen LogP contribution >= 0.6 is 0 Å². The largest absolute Gasteiger partial charge is 0.462 e. The summed E-state index contributed by atoms with van der Waals surface area (Å²) in [5.41, 5.74) is 0. The molecule has 0 atom stereocenters. The van der Waals surface area contributed by atoms with Gasteiger partial charge in [0.05, 0.1) is 5.92 Å². The third-order valence-corrected chi connectivity index (χ3v) is 2.72. The van der Waals surface area contributed by atoms with Crippen LogP contribution in [0.5, 0.6) is 0 Å². The lowest BCUT2D eigenvalue weighted by atomic mass is 9.89. The first kappa shape index (κ1) is 10.6. The van der Waals surface area contributed by atoms with E-state index in [2.05, 4.69) is 6.92 Å². The monoisotopic (exact) mass is 184 g/mol. The zero-order chi connectivity index (χ0) is 9.84. The van der Waals surface area contributed by atoms with Crippen LogP contribution in [0.25, 0.3) is 0 Å². The average Bonchev–Trinajstić information content (AvgIpc) is 2.08. The van der Waals surface area contributed by atoms with Crippen molar-refractivity contribution in [3.63, 3.8) is 0 Å². The number of carbonyl (C=O) groups excluding carboxylic acids is 1. The maximum Gasteiger partial charge on any atom is 0.308 e. The number of rotatable bonds is 2. The Morgan fingerprint density at radius 2 is 1.77 bits per heavy atom. The molecule has 76 valence electrons. The molecule has 1 aliphatic carbocycles. The topological polar surface area (TPSA) is 26.3 Å². The molecule has 13 heavy (non-hydrogen) atoms. The lowest BCUT2D eigenvalue weighted by molar-refractivity contribution is -0.154. The van der Waals surface area contributed by atoms with E-state index in [9.17, 15) is 4.79 Å². The van der Waals surface area contributed by atoms with Gasteiger partial charge in [-0.2, -0.15) is 0 Å². The number of esters is 1. The van der Waals surface area contributed by atoms with Gasteiger partial charge in [0.25, 0.3) is 0 Å². The molecule has 0 aromatic carbocycles. The molecule has 1 fully saturated rings. The fourth-order valence-electron chi connectivity index (χ4n) is 1.65. The van der Waals surface area contributed by atoms with Crippen LogP contribution in [0.1, 0.15) is 46.5 Å². The third kappa shape index (κ3) is 3.37. The molecule has 0 saturated heterocycles. The van der Waals surface area contributed by atoms with Gasteiger partial charge < -0.3 is 4.74 Å². The zero-order valence-electron chi connectivity index (χ0n) is 8.88. The summed E-state index contributed by atoms with van der Waals surface area (Å²) in [7, 11) is 0. The van der Waals surface area contributed by atoms with Gasteiger partial charge in [0.15, 0.2) is 0 Å². The highest BCUT2D eigenvalue weighted by Gasteiger charge is 2.22. The maximum atomic E-state index is 11.3. The molecule has 0 heterocycles. The molecule has 0 amide bonds. The Bertz CT molecular complexity index is 167. The van der Waals surface area contributed by atoms with E-state index in [0.717, 1.165) is 18.8 Å². The molecule has 1 aliphatic rings. The van der Waals surface area contributed by atoms with E-state index in [1.807, 2.05) is 13.8 Å². The number of ether oxygens (including phenoxy) is 1. The Hall–Kier alpha value is -0.530. The Morgan fingerprint density at radius 1 is 1.23 bits per heavy atom. The van der Waals surface area contributed by atoms with E-state index < -0.39 is 0 Å². The van der Waals surface area contributed by atoms with Crippen LogP contribution < -0.4 is 0 Å². The first-order valence-corrected chi connectivity index (χ1v) is 5.30. The van der Waals surface area contributed by atoms with Crippen molar-refractivity contribution in [1.82, 2.24) is 0 Å². The molecule has 0 aromatic rings. The van der Waals surface area contributed by atoms with Crippen LogP contribution in [0.3, 0.4) is 0 Å². The second kappa shape index (κ2) is 4.64. The number of hydrogen-bond acceptors (Lipinski definition) is 2. The van der Waals surface area contributed by atoms with E-state index in [1.165, 1.54) is 12.8 Å². The summed E-state index contributed by atoms with van der Waals surface area (Å²) in [6.07, 6.45) is 4.72. The molecule has 0 bridgehead atoms. The molecule has 0 unspecified atom stereocenters. The van der Waals surface area contributed by atoms with Crippen molar-refractivity contribution in [2.24, 2.45) is 11.8 Å². The third-order valence-electron chi connectivity index (χ3n) is 2.72. The average molecular weight is 184 g/mol. The summed E-state index contributed by atoms with van der Waals surface area (Å²) in [5, 5.41) is 0. The van der Waals surface area contributed by atoms with Crippen molar-refractivity contribution in [2.45, 2.75) is 52.6 Å². The fraction of sp³-hybridized carbons (Fsp3) is 0.909. The van der Waals surface area contributed by atoms with Crippen molar-refractivity contribution >= 4 is 5.97 Å². The summed E-state index contributed by atoms with van der Waals surface area (Å²) < 4.78 is 5.36. The minimum Gasteiger partial charge on any atom is -0.462 e. The predicted molar refractivity (Wildman–Crippen MR) is 52.4 cm³/mol. The first-order valence-electron chi connectivity index (χ1n) is 5.30. The lowest BCUT2D eigenvalue weighted by Gasteiger charge is -2.26. The highest BCUT2D eigenvalue weighted by Crippen LogP contribution is 2.25. The minimum absolute atomic E-state index is 0.0133. The van der Waals surface area contributed by atoms with Gasteiger partial charge in [0.2, 0.25) is 0 Å². The van der Waals surface area contributed by atoms with Crippen LogP contribution in [-0.4, -0.2) is 12.1 Å². The molecule has 0 spiro atoms. The second-order valence-electron chi connectivity index (χ2n) is 4.47. The molecule has 0 aliphatic heterocycles. The number of carbonyl (C=O) groups is 1. The normalized spacial score (nSPS) is 28.9. The molecule has 0 radical (unpaired) electrons. The van der Waals surface area contributed by atoms with Gasteiger partial charge in [-0.05, 0) is 31.6 Å². The van der Waals surface area contributed by atoms with E-state index in [1.54, 1.807) is 0 Å². The van der Waals surface area contributed by atoms with Gasteiger partial charge in [0.1, 0.15) is 6.10 Å². The van der Waals surface area contributed by atoms with Crippen molar-refractivity contribution < 1.29 is 9.53 Å². The van der Waals surface area contributed by atoms with Crippen molar-refractivity contribution in [1.29, 1.82) is 0 Å². The first-order chi connectivity index (χ1) is 6.09. The van der Waals surface area contributed by atoms with Crippen molar-refractivity contribution in [3.05, 3.63) is 0 Å². The summed E-state index contributed by atoms with van der Waals surface area (Å²) in [6.45, 7) is 6.03. The molecule has 2 nitrogen and oxygen atoms in total. The molecule has 0 N–H and O–H groups in total. The smallest absolute Gasteiger partial charge is 0.308 e. The quantitative estimate of drug-likeness (QED) is 0.617. The molecular weight excluding hydrogens is 164 g/mol. The van der Waals surface area contributed by atoms with Crippen molar-refractivity contribution in [3.8, 4) is 0 Å². The second-order valence-corrected chi connectivity index (χ2v) is 4.47. The van der Waals surface area contributed by atoms with E-state index in [4.69, 9.17) is 4.74 Å². The van der Waals surface area contributed by atoms with Gasteiger partial charge in [0, 0.05) is 0 Å². The Kier molecular flexibility index (Phi) is 3.76. The Labute approximate surface area is 80.7 Å². The van der Waals surface area contributed by atoms with Crippen LogP contribution in [0.2, 0.25) is 0 Å². The van der Waals surface area contributed by atoms with Crippen LogP contribution in [0, 0.1) is 11.8 Å². The van der Waals surface area contributed by atoms with E-state index >= 15 is 0 Å². The van der Waals surface area contributed by atoms with Crippen molar-refractivity contribution in [2.75, 3.05) is 0 Å². The maximum absolute atomic E-state index is 11.3. The molecular formula is C11H20O2.